The molecule has 2 nitrogen and oxygen atoms in total. The minimum absolute atomic E-state index is 0.520. The van der Waals surface area contributed by atoms with E-state index in [1.165, 1.54) is 25.9 Å². The molecule has 0 aromatic heterocycles. The molecule has 1 saturated carbocycles. The Kier molecular flexibility index (Phi) is 1.52. The Morgan fingerprint density at radius 1 is 1.55 bits per heavy atom. The van der Waals surface area contributed by atoms with Crippen LogP contribution in [0.2, 0.25) is 0 Å². The molecule has 11 heavy (non-hydrogen) atoms. The fourth-order valence-electron chi connectivity index (χ4n) is 2.22. The molecule has 1 saturated heterocycles. The highest BCUT2D eigenvalue weighted by atomic mass is 15.2. The van der Waals surface area contributed by atoms with Crippen molar-refractivity contribution in [3.8, 4) is 0 Å². The van der Waals surface area contributed by atoms with Gasteiger partial charge < -0.3 is 10.6 Å². The summed E-state index contributed by atoms with van der Waals surface area (Å²) in [5, 5.41) is 0. The molecule has 1 aliphatic heterocycles. The minimum Gasteiger partial charge on any atom is -0.327 e. The van der Waals surface area contributed by atoms with Crippen molar-refractivity contribution in [2.45, 2.75) is 38.8 Å². The van der Waals surface area contributed by atoms with Crippen molar-refractivity contribution in [1.82, 2.24) is 4.90 Å². The van der Waals surface area contributed by atoms with E-state index in [4.69, 9.17) is 5.73 Å². The second-order valence-corrected chi connectivity index (χ2v) is 4.49. The van der Waals surface area contributed by atoms with Crippen LogP contribution in [-0.2, 0) is 0 Å². The van der Waals surface area contributed by atoms with Gasteiger partial charge in [0, 0.05) is 24.0 Å². The van der Waals surface area contributed by atoms with Gasteiger partial charge in [-0.3, -0.25) is 0 Å². The van der Waals surface area contributed by atoms with Crippen molar-refractivity contribution < 1.29 is 0 Å². The van der Waals surface area contributed by atoms with E-state index < -0.39 is 0 Å². The average Bonchev–Trinajstić information content (AvgIpc) is 2.44. The quantitative estimate of drug-likeness (QED) is 0.606. The van der Waals surface area contributed by atoms with E-state index >= 15 is 0 Å². The lowest BCUT2D eigenvalue weighted by molar-refractivity contribution is 0.260. The van der Waals surface area contributed by atoms with Gasteiger partial charge in [0.15, 0.2) is 0 Å². The van der Waals surface area contributed by atoms with Crippen LogP contribution in [0.4, 0.5) is 0 Å². The zero-order valence-electron chi connectivity index (χ0n) is 7.51. The topological polar surface area (TPSA) is 29.3 Å². The van der Waals surface area contributed by atoms with Crippen LogP contribution in [0.3, 0.4) is 0 Å². The van der Waals surface area contributed by atoms with Gasteiger partial charge in [0.05, 0.1) is 0 Å². The smallest absolute Gasteiger partial charge is 0.0115 e. The molecule has 2 aliphatic rings. The molecule has 1 aliphatic carbocycles. The molecule has 64 valence electrons. The second kappa shape index (κ2) is 2.20. The molecule has 0 bridgehead atoms. The summed E-state index contributed by atoms with van der Waals surface area (Å²) in [6.45, 7) is 7.07. The van der Waals surface area contributed by atoms with Gasteiger partial charge in [-0.25, -0.2) is 0 Å². The van der Waals surface area contributed by atoms with E-state index in [2.05, 4.69) is 18.7 Å². The van der Waals surface area contributed by atoms with Crippen LogP contribution in [0, 0.1) is 5.41 Å². The third-order valence-corrected chi connectivity index (χ3v) is 3.40. The molecule has 0 aromatic carbocycles. The fraction of sp³-hybridized carbons (Fsp3) is 1.00. The van der Waals surface area contributed by atoms with Gasteiger partial charge in [0.2, 0.25) is 0 Å². The molecule has 0 unspecified atom stereocenters. The molecule has 2 atom stereocenters. The van der Waals surface area contributed by atoms with Crippen molar-refractivity contribution in [2.75, 3.05) is 13.1 Å². The van der Waals surface area contributed by atoms with Crippen LogP contribution in [-0.4, -0.2) is 30.1 Å². The third-order valence-electron chi connectivity index (χ3n) is 3.40. The minimum atomic E-state index is 0.520. The molecular weight excluding hydrogens is 136 g/mol. The number of nitrogens with two attached hydrogens (primary N) is 1. The summed E-state index contributed by atoms with van der Waals surface area (Å²) < 4.78 is 0. The first-order chi connectivity index (χ1) is 5.14. The van der Waals surface area contributed by atoms with Gasteiger partial charge in [-0.15, -0.1) is 0 Å². The lowest BCUT2D eigenvalue weighted by Gasteiger charge is -2.20. The zero-order valence-corrected chi connectivity index (χ0v) is 7.51. The molecule has 0 amide bonds. The first-order valence-corrected chi connectivity index (χ1v) is 4.64. The summed E-state index contributed by atoms with van der Waals surface area (Å²) in [6, 6.07) is 1.23. The Bertz CT molecular complexity index is 167. The van der Waals surface area contributed by atoms with E-state index in [-0.39, 0.29) is 0 Å². The summed E-state index contributed by atoms with van der Waals surface area (Å²) in [7, 11) is 0. The van der Waals surface area contributed by atoms with Crippen LogP contribution >= 0.6 is 0 Å². The van der Waals surface area contributed by atoms with Gasteiger partial charge in [0.25, 0.3) is 0 Å². The Morgan fingerprint density at radius 2 is 2.18 bits per heavy atom. The van der Waals surface area contributed by atoms with E-state index in [9.17, 15) is 0 Å². The predicted molar refractivity (Wildman–Crippen MR) is 46.4 cm³/mol. The molecule has 1 heterocycles. The van der Waals surface area contributed by atoms with Crippen molar-refractivity contribution in [3.05, 3.63) is 0 Å². The SMILES string of the molecule is CC(C)N1CC[C@]2(C[C@@H]2N)C1. The van der Waals surface area contributed by atoms with Crippen molar-refractivity contribution in [3.63, 3.8) is 0 Å². The molecule has 2 rings (SSSR count). The van der Waals surface area contributed by atoms with Crippen LogP contribution in [0.15, 0.2) is 0 Å². The Labute approximate surface area is 68.7 Å². The predicted octanol–water partition coefficient (Wildman–Crippen LogP) is 0.818. The lowest BCUT2D eigenvalue weighted by atomic mass is 10.1. The summed E-state index contributed by atoms with van der Waals surface area (Å²) in [6.07, 6.45) is 2.61. The van der Waals surface area contributed by atoms with E-state index in [1.807, 2.05) is 0 Å². The van der Waals surface area contributed by atoms with Crippen LogP contribution < -0.4 is 5.73 Å². The maximum absolute atomic E-state index is 5.90. The molecule has 0 radical (unpaired) electrons. The molecule has 1 spiro atoms. The molecule has 2 N–H and O–H groups in total. The van der Waals surface area contributed by atoms with Gasteiger partial charge in [-0.05, 0) is 33.2 Å². The second-order valence-electron chi connectivity index (χ2n) is 4.49. The standard InChI is InChI=1S/C9H18N2/c1-7(2)11-4-3-9(6-11)5-8(9)10/h7-8H,3-6,10H2,1-2H3/t8-,9-/m0/s1. The van der Waals surface area contributed by atoms with Crippen molar-refractivity contribution in [2.24, 2.45) is 11.1 Å². The van der Waals surface area contributed by atoms with E-state index in [0.29, 0.717) is 17.5 Å². The highest BCUT2D eigenvalue weighted by molar-refractivity contribution is 5.11. The Hall–Kier alpha value is -0.0800. The number of likely N-dealkylation sites (tertiary alicyclic amines) is 1. The largest absolute Gasteiger partial charge is 0.327 e. The molecule has 0 aromatic rings. The van der Waals surface area contributed by atoms with E-state index in [0.717, 1.165) is 0 Å². The Morgan fingerprint density at radius 3 is 2.45 bits per heavy atom. The average molecular weight is 154 g/mol. The zero-order chi connectivity index (χ0) is 8.06. The van der Waals surface area contributed by atoms with Crippen LogP contribution in [0.25, 0.3) is 0 Å². The van der Waals surface area contributed by atoms with Crippen LogP contribution in [0.1, 0.15) is 26.7 Å². The van der Waals surface area contributed by atoms with Crippen molar-refractivity contribution in [1.29, 1.82) is 0 Å². The summed E-state index contributed by atoms with van der Waals surface area (Å²) in [4.78, 5) is 2.55. The monoisotopic (exact) mass is 154 g/mol. The maximum Gasteiger partial charge on any atom is 0.0115 e. The summed E-state index contributed by atoms with van der Waals surface area (Å²) in [5.41, 5.74) is 6.46. The maximum atomic E-state index is 5.90. The molecule has 2 fully saturated rings. The normalized spacial score (nSPS) is 44.2. The third kappa shape index (κ3) is 1.09. The van der Waals surface area contributed by atoms with Gasteiger partial charge in [-0.2, -0.15) is 0 Å². The van der Waals surface area contributed by atoms with Gasteiger partial charge >= 0.3 is 0 Å². The lowest BCUT2D eigenvalue weighted by Crippen LogP contribution is -2.29. The number of rotatable bonds is 1. The van der Waals surface area contributed by atoms with Crippen molar-refractivity contribution >= 4 is 0 Å². The fourth-order valence-corrected chi connectivity index (χ4v) is 2.22. The van der Waals surface area contributed by atoms with Gasteiger partial charge in [0.1, 0.15) is 0 Å². The first kappa shape index (κ1) is 7.56. The highest BCUT2D eigenvalue weighted by Crippen LogP contribution is 2.51. The van der Waals surface area contributed by atoms with E-state index in [1.54, 1.807) is 0 Å². The first-order valence-electron chi connectivity index (χ1n) is 4.64. The van der Waals surface area contributed by atoms with Crippen LogP contribution in [0.5, 0.6) is 0 Å². The summed E-state index contributed by atoms with van der Waals surface area (Å²) >= 11 is 0. The number of hydrogen-bond donors (Lipinski definition) is 1. The highest BCUT2D eigenvalue weighted by Gasteiger charge is 2.55. The molecular formula is C9H18N2. The van der Waals surface area contributed by atoms with Gasteiger partial charge in [-0.1, -0.05) is 0 Å². The number of nitrogens with zero attached hydrogens (tertiary/aromatic N) is 1. The Balaban J connectivity index is 1.95. The number of hydrogen-bond acceptors (Lipinski definition) is 2. The molecule has 2 heteroatoms. The summed E-state index contributed by atoms with van der Waals surface area (Å²) in [5.74, 6) is 0.